The molecular formula is C16H13N3O3. The Morgan fingerprint density at radius 2 is 1.86 bits per heavy atom. The zero-order valence-corrected chi connectivity index (χ0v) is 11.8. The van der Waals surface area contributed by atoms with Crippen LogP contribution in [-0.4, -0.2) is 23.2 Å². The average molecular weight is 295 g/mol. The molecule has 0 aliphatic carbocycles. The van der Waals surface area contributed by atoms with Crippen molar-refractivity contribution in [3.63, 3.8) is 0 Å². The molecule has 6 nitrogen and oxygen atoms in total. The lowest BCUT2D eigenvalue weighted by atomic mass is 10.2. The van der Waals surface area contributed by atoms with Gasteiger partial charge in [-0.3, -0.25) is 15.1 Å². The summed E-state index contributed by atoms with van der Waals surface area (Å²) in [7, 11) is 1.57. The van der Waals surface area contributed by atoms with Gasteiger partial charge in [0.2, 0.25) is 5.88 Å². The lowest BCUT2D eigenvalue weighted by Gasteiger charge is -2.02. The maximum absolute atomic E-state index is 12.1. The zero-order chi connectivity index (χ0) is 15.4. The minimum absolute atomic E-state index is 0.278. The van der Waals surface area contributed by atoms with E-state index in [1.165, 1.54) is 0 Å². The Kier molecular flexibility index (Phi) is 3.82. The molecule has 0 spiro atoms. The van der Waals surface area contributed by atoms with Crippen LogP contribution in [-0.2, 0) is 0 Å². The van der Waals surface area contributed by atoms with Gasteiger partial charge in [-0.05, 0) is 36.4 Å². The highest BCUT2D eigenvalue weighted by Gasteiger charge is 2.11. The minimum atomic E-state index is -0.278. The Bertz CT molecular complexity index is 767. The Morgan fingerprint density at radius 1 is 1.14 bits per heavy atom. The van der Waals surface area contributed by atoms with E-state index in [1.807, 2.05) is 12.1 Å². The van der Waals surface area contributed by atoms with E-state index in [0.717, 1.165) is 5.56 Å². The molecule has 0 aliphatic rings. The van der Waals surface area contributed by atoms with Gasteiger partial charge in [0.25, 0.3) is 5.91 Å². The van der Waals surface area contributed by atoms with Crippen molar-refractivity contribution in [3.05, 3.63) is 60.4 Å². The number of aromatic nitrogens is 2. The Labute approximate surface area is 126 Å². The maximum atomic E-state index is 12.1. The normalized spacial score (nSPS) is 10.2. The molecule has 3 aromatic rings. The van der Waals surface area contributed by atoms with Gasteiger partial charge in [0.1, 0.15) is 11.4 Å². The Hall–Kier alpha value is -3.15. The van der Waals surface area contributed by atoms with Gasteiger partial charge in [0.15, 0.2) is 0 Å². The monoisotopic (exact) mass is 295 g/mol. The highest BCUT2D eigenvalue weighted by molar-refractivity contribution is 6.03. The predicted octanol–water partition coefficient (Wildman–Crippen LogP) is 3.00. The lowest BCUT2D eigenvalue weighted by Crippen LogP contribution is -2.11. The Balaban J connectivity index is 1.73. The summed E-state index contributed by atoms with van der Waals surface area (Å²) in [6.07, 6.45) is 3.33. The summed E-state index contributed by atoms with van der Waals surface area (Å²) in [5.41, 5.74) is 2.00. The fourth-order valence-corrected chi connectivity index (χ4v) is 1.92. The minimum Gasteiger partial charge on any atom is -0.497 e. The van der Waals surface area contributed by atoms with Gasteiger partial charge in [-0.25, -0.2) is 0 Å². The predicted molar refractivity (Wildman–Crippen MR) is 80.7 cm³/mol. The van der Waals surface area contributed by atoms with Crippen molar-refractivity contribution in [1.82, 2.24) is 10.1 Å². The molecular weight excluding hydrogens is 282 g/mol. The van der Waals surface area contributed by atoms with E-state index < -0.39 is 0 Å². The van der Waals surface area contributed by atoms with E-state index in [9.17, 15) is 4.79 Å². The SMILES string of the molecule is COc1ccc(C(=O)Nc2cc(-c3ccncc3)no2)cc1. The smallest absolute Gasteiger partial charge is 0.258 e. The summed E-state index contributed by atoms with van der Waals surface area (Å²) in [5.74, 6) is 0.698. The largest absolute Gasteiger partial charge is 0.497 e. The van der Waals surface area contributed by atoms with Gasteiger partial charge in [-0.15, -0.1) is 0 Å². The third-order valence-electron chi connectivity index (χ3n) is 3.08. The first-order chi connectivity index (χ1) is 10.8. The summed E-state index contributed by atoms with van der Waals surface area (Å²) in [6, 6.07) is 12.1. The van der Waals surface area contributed by atoms with Crippen LogP contribution < -0.4 is 10.1 Å². The molecule has 0 aliphatic heterocycles. The number of nitrogens with one attached hydrogen (secondary N) is 1. The van der Waals surface area contributed by atoms with Gasteiger partial charge in [-0.1, -0.05) is 5.16 Å². The van der Waals surface area contributed by atoms with Crippen molar-refractivity contribution in [2.75, 3.05) is 12.4 Å². The van der Waals surface area contributed by atoms with Crippen molar-refractivity contribution in [1.29, 1.82) is 0 Å². The molecule has 110 valence electrons. The van der Waals surface area contributed by atoms with Crippen LogP contribution in [0.1, 0.15) is 10.4 Å². The standard InChI is InChI=1S/C16H13N3O3/c1-21-13-4-2-12(3-5-13)16(20)18-15-10-14(19-22-15)11-6-8-17-9-7-11/h2-10H,1H3,(H,18,20). The van der Waals surface area contributed by atoms with Crippen LogP contribution in [0.2, 0.25) is 0 Å². The first-order valence-electron chi connectivity index (χ1n) is 6.59. The highest BCUT2D eigenvalue weighted by Crippen LogP contribution is 2.21. The van der Waals surface area contributed by atoms with Gasteiger partial charge < -0.3 is 9.26 Å². The van der Waals surface area contributed by atoms with Crippen LogP contribution >= 0.6 is 0 Å². The van der Waals surface area contributed by atoms with Crippen molar-refractivity contribution in [2.45, 2.75) is 0 Å². The molecule has 2 heterocycles. The molecule has 0 fully saturated rings. The number of nitrogens with zero attached hydrogens (tertiary/aromatic N) is 2. The molecule has 1 N–H and O–H groups in total. The molecule has 0 bridgehead atoms. The lowest BCUT2D eigenvalue weighted by molar-refractivity contribution is 0.102. The van der Waals surface area contributed by atoms with Crippen molar-refractivity contribution >= 4 is 11.8 Å². The van der Waals surface area contributed by atoms with E-state index >= 15 is 0 Å². The molecule has 6 heteroatoms. The molecule has 0 unspecified atom stereocenters. The fraction of sp³-hybridized carbons (Fsp3) is 0.0625. The number of hydrogen-bond donors (Lipinski definition) is 1. The molecule has 0 radical (unpaired) electrons. The number of carbonyl (C=O) groups excluding carboxylic acids is 1. The topological polar surface area (TPSA) is 77.2 Å². The number of ether oxygens (including phenoxy) is 1. The van der Waals surface area contributed by atoms with Gasteiger partial charge in [0.05, 0.1) is 7.11 Å². The number of hydrogen-bond acceptors (Lipinski definition) is 5. The molecule has 1 aromatic carbocycles. The molecule has 0 saturated heterocycles. The second kappa shape index (κ2) is 6.09. The molecule has 22 heavy (non-hydrogen) atoms. The van der Waals surface area contributed by atoms with Crippen LogP contribution in [0, 0.1) is 0 Å². The number of carbonyl (C=O) groups is 1. The average Bonchev–Trinajstić information content (AvgIpc) is 3.04. The molecule has 1 amide bonds. The van der Waals surface area contributed by atoms with Crippen molar-refractivity contribution < 1.29 is 14.1 Å². The van der Waals surface area contributed by atoms with E-state index in [4.69, 9.17) is 9.26 Å². The molecule has 2 aromatic heterocycles. The van der Waals surface area contributed by atoms with Crippen LogP contribution in [0.5, 0.6) is 5.75 Å². The van der Waals surface area contributed by atoms with Gasteiger partial charge in [0, 0.05) is 29.6 Å². The van der Waals surface area contributed by atoms with Crippen molar-refractivity contribution in [2.24, 2.45) is 0 Å². The van der Waals surface area contributed by atoms with Gasteiger partial charge in [-0.2, -0.15) is 0 Å². The molecule has 0 atom stereocenters. The number of pyridine rings is 1. The highest BCUT2D eigenvalue weighted by atomic mass is 16.5. The third-order valence-corrected chi connectivity index (χ3v) is 3.08. The quantitative estimate of drug-likeness (QED) is 0.800. The summed E-state index contributed by atoms with van der Waals surface area (Å²) < 4.78 is 10.2. The zero-order valence-electron chi connectivity index (χ0n) is 11.8. The number of anilines is 1. The number of methoxy groups -OCH3 is 1. The summed E-state index contributed by atoms with van der Waals surface area (Å²) in [4.78, 5) is 16.1. The molecule has 3 rings (SSSR count). The van der Waals surface area contributed by atoms with Crippen LogP contribution in [0.4, 0.5) is 5.88 Å². The number of benzene rings is 1. The second-order valence-electron chi connectivity index (χ2n) is 4.49. The first kappa shape index (κ1) is 13.8. The Morgan fingerprint density at radius 3 is 2.55 bits per heavy atom. The van der Waals surface area contributed by atoms with E-state index in [1.54, 1.807) is 49.8 Å². The molecule has 0 saturated carbocycles. The van der Waals surface area contributed by atoms with Crippen LogP contribution in [0.25, 0.3) is 11.3 Å². The summed E-state index contributed by atoms with van der Waals surface area (Å²) >= 11 is 0. The van der Waals surface area contributed by atoms with E-state index in [0.29, 0.717) is 17.0 Å². The number of amides is 1. The summed E-state index contributed by atoms with van der Waals surface area (Å²) in [5, 5.41) is 6.58. The van der Waals surface area contributed by atoms with Crippen LogP contribution in [0.15, 0.2) is 59.4 Å². The van der Waals surface area contributed by atoms with Crippen LogP contribution in [0.3, 0.4) is 0 Å². The fourth-order valence-electron chi connectivity index (χ4n) is 1.92. The second-order valence-corrected chi connectivity index (χ2v) is 4.49. The summed E-state index contributed by atoms with van der Waals surface area (Å²) in [6.45, 7) is 0. The van der Waals surface area contributed by atoms with E-state index in [2.05, 4.69) is 15.5 Å². The first-order valence-corrected chi connectivity index (χ1v) is 6.59. The number of rotatable bonds is 4. The third kappa shape index (κ3) is 2.95. The van der Waals surface area contributed by atoms with E-state index in [-0.39, 0.29) is 11.8 Å². The maximum Gasteiger partial charge on any atom is 0.258 e. The van der Waals surface area contributed by atoms with Gasteiger partial charge >= 0.3 is 0 Å². The van der Waals surface area contributed by atoms with Crippen molar-refractivity contribution in [3.8, 4) is 17.0 Å².